The third-order valence-corrected chi connectivity index (χ3v) is 2.04. The zero-order chi connectivity index (χ0) is 11.1. The number of hydrogen-bond acceptors (Lipinski definition) is 3. The van der Waals surface area contributed by atoms with Crippen LogP contribution in [0.5, 0.6) is 0 Å². The van der Waals surface area contributed by atoms with Gasteiger partial charge in [0.15, 0.2) is 0 Å². The molecular formula is C12H15N3. The Morgan fingerprint density at radius 2 is 2.40 bits per heavy atom. The summed E-state index contributed by atoms with van der Waals surface area (Å²) in [6.45, 7) is 7.58. The molecule has 0 fully saturated rings. The van der Waals surface area contributed by atoms with E-state index in [1.54, 1.807) is 12.3 Å². The van der Waals surface area contributed by atoms with Crippen LogP contribution in [0.3, 0.4) is 0 Å². The largest absolute Gasteiger partial charge is 0.353 e. The lowest BCUT2D eigenvalue weighted by Gasteiger charge is -2.21. The van der Waals surface area contributed by atoms with Crippen molar-refractivity contribution >= 4 is 5.82 Å². The van der Waals surface area contributed by atoms with Crippen molar-refractivity contribution in [1.82, 2.24) is 4.98 Å². The summed E-state index contributed by atoms with van der Waals surface area (Å²) in [6.07, 6.45) is 4.52. The molecule has 0 saturated heterocycles. The third-order valence-electron chi connectivity index (χ3n) is 2.04. The van der Waals surface area contributed by atoms with Crippen LogP contribution in [0.2, 0.25) is 0 Å². The predicted molar refractivity (Wildman–Crippen MR) is 61.7 cm³/mol. The molecule has 15 heavy (non-hydrogen) atoms. The SMILES string of the molecule is C=CCN(CCC)c1ccc(C#N)cn1. The zero-order valence-electron chi connectivity index (χ0n) is 8.98. The molecule has 1 aromatic heterocycles. The summed E-state index contributed by atoms with van der Waals surface area (Å²) in [5, 5.41) is 8.65. The minimum Gasteiger partial charge on any atom is -0.353 e. The van der Waals surface area contributed by atoms with Gasteiger partial charge in [0, 0.05) is 19.3 Å². The Balaban J connectivity index is 2.81. The van der Waals surface area contributed by atoms with Gasteiger partial charge in [0.2, 0.25) is 0 Å². The number of rotatable bonds is 5. The van der Waals surface area contributed by atoms with E-state index in [-0.39, 0.29) is 0 Å². The number of nitrogens with zero attached hydrogens (tertiary/aromatic N) is 3. The molecule has 0 aliphatic rings. The topological polar surface area (TPSA) is 39.9 Å². The summed E-state index contributed by atoms with van der Waals surface area (Å²) in [4.78, 5) is 6.38. The molecule has 0 amide bonds. The Morgan fingerprint density at radius 3 is 2.87 bits per heavy atom. The normalized spacial score (nSPS) is 9.33. The van der Waals surface area contributed by atoms with Gasteiger partial charge in [0.1, 0.15) is 11.9 Å². The molecule has 0 aliphatic heterocycles. The van der Waals surface area contributed by atoms with E-state index in [9.17, 15) is 0 Å². The van der Waals surface area contributed by atoms with Crippen molar-refractivity contribution in [3.8, 4) is 6.07 Å². The lowest BCUT2D eigenvalue weighted by molar-refractivity contribution is 0.802. The van der Waals surface area contributed by atoms with Gasteiger partial charge in [-0.25, -0.2) is 4.98 Å². The van der Waals surface area contributed by atoms with Gasteiger partial charge in [-0.1, -0.05) is 13.0 Å². The predicted octanol–water partition coefficient (Wildman–Crippen LogP) is 2.36. The highest BCUT2D eigenvalue weighted by molar-refractivity contribution is 5.42. The van der Waals surface area contributed by atoms with Crippen molar-refractivity contribution < 1.29 is 0 Å². The standard InChI is InChI=1S/C12H15N3/c1-3-7-15(8-4-2)12-6-5-11(9-13)10-14-12/h3,5-6,10H,1,4,7-8H2,2H3. The van der Waals surface area contributed by atoms with E-state index in [2.05, 4.69) is 29.5 Å². The van der Waals surface area contributed by atoms with Crippen LogP contribution in [-0.2, 0) is 0 Å². The van der Waals surface area contributed by atoms with E-state index in [1.165, 1.54) is 0 Å². The van der Waals surface area contributed by atoms with Crippen LogP contribution in [0.15, 0.2) is 31.0 Å². The average molecular weight is 201 g/mol. The first-order chi connectivity index (χ1) is 7.31. The highest BCUT2D eigenvalue weighted by Crippen LogP contribution is 2.11. The maximum atomic E-state index is 8.65. The van der Waals surface area contributed by atoms with Crippen LogP contribution >= 0.6 is 0 Å². The maximum absolute atomic E-state index is 8.65. The van der Waals surface area contributed by atoms with Gasteiger partial charge in [-0.2, -0.15) is 5.26 Å². The molecule has 0 saturated carbocycles. The van der Waals surface area contributed by atoms with Crippen LogP contribution in [0.25, 0.3) is 0 Å². The van der Waals surface area contributed by atoms with Gasteiger partial charge >= 0.3 is 0 Å². The second-order valence-corrected chi connectivity index (χ2v) is 3.25. The number of anilines is 1. The number of aromatic nitrogens is 1. The van der Waals surface area contributed by atoms with Crippen molar-refractivity contribution in [2.24, 2.45) is 0 Å². The van der Waals surface area contributed by atoms with Crippen LogP contribution < -0.4 is 4.90 Å². The van der Waals surface area contributed by atoms with Crippen molar-refractivity contribution in [2.75, 3.05) is 18.0 Å². The molecular weight excluding hydrogens is 186 g/mol. The average Bonchev–Trinajstić information content (AvgIpc) is 2.29. The first-order valence-corrected chi connectivity index (χ1v) is 5.03. The third kappa shape index (κ3) is 3.10. The molecule has 3 nitrogen and oxygen atoms in total. The lowest BCUT2D eigenvalue weighted by Crippen LogP contribution is -2.24. The Labute approximate surface area is 90.7 Å². The molecule has 3 heteroatoms. The highest BCUT2D eigenvalue weighted by atomic mass is 15.2. The van der Waals surface area contributed by atoms with Crippen LogP contribution in [0, 0.1) is 11.3 Å². The fraction of sp³-hybridized carbons (Fsp3) is 0.333. The molecule has 1 rings (SSSR count). The Morgan fingerprint density at radius 1 is 1.60 bits per heavy atom. The van der Waals surface area contributed by atoms with Crippen molar-refractivity contribution in [3.63, 3.8) is 0 Å². The second-order valence-electron chi connectivity index (χ2n) is 3.25. The first-order valence-electron chi connectivity index (χ1n) is 5.03. The van der Waals surface area contributed by atoms with E-state index in [1.807, 2.05) is 12.1 Å². The summed E-state index contributed by atoms with van der Waals surface area (Å²) < 4.78 is 0. The van der Waals surface area contributed by atoms with Crippen LogP contribution in [-0.4, -0.2) is 18.1 Å². The molecule has 0 radical (unpaired) electrons. The number of nitriles is 1. The van der Waals surface area contributed by atoms with Gasteiger partial charge in [-0.3, -0.25) is 0 Å². The van der Waals surface area contributed by atoms with E-state index >= 15 is 0 Å². The summed E-state index contributed by atoms with van der Waals surface area (Å²) in [5.74, 6) is 0.899. The highest BCUT2D eigenvalue weighted by Gasteiger charge is 2.04. The van der Waals surface area contributed by atoms with E-state index in [0.717, 1.165) is 25.3 Å². The molecule has 78 valence electrons. The van der Waals surface area contributed by atoms with Gasteiger partial charge in [0.05, 0.1) is 5.56 Å². The van der Waals surface area contributed by atoms with E-state index in [4.69, 9.17) is 5.26 Å². The van der Waals surface area contributed by atoms with Gasteiger partial charge in [-0.15, -0.1) is 6.58 Å². The smallest absolute Gasteiger partial charge is 0.128 e. The summed E-state index contributed by atoms with van der Waals surface area (Å²) in [6, 6.07) is 5.71. The van der Waals surface area contributed by atoms with Gasteiger partial charge < -0.3 is 4.90 Å². The van der Waals surface area contributed by atoms with E-state index in [0.29, 0.717) is 5.56 Å². The maximum Gasteiger partial charge on any atom is 0.128 e. The first kappa shape index (κ1) is 11.3. The van der Waals surface area contributed by atoms with Crippen molar-refractivity contribution in [1.29, 1.82) is 5.26 Å². The summed E-state index contributed by atoms with van der Waals surface area (Å²) in [5.41, 5.74) is 0.591. The molecule has 0 N–H and O–H groups in total. The quantitative estimate of drug-likeness (QED) is 0.686. The minimum atomic E-state index is 0.591. The fourth-order valence-electron chi connectivity index (χ4n) is 1.36. The fourth-order valence-corrected chi connectivity index (χ4v) is 1.36. The molecule has 0 bridgehead atoms. The molecule has 1 heterocycles. The van der Waals surface area contributed by atoms with E-state index < -0.39 is 0 Å². The Kier molecular flexibility index (Phi) is 4.36. The Bertz CT molecular complexity index is 348. The molecule has 0 aliphatic carbocycles. The molecule has 0 aromatic carbocycles. The second kappa shape index (κ2) is 5.82. The summed E-state index contributed by atoms with van der Waals surface area (Å²) >= 11 is 0. The number of pyridine rings is 1. The molecule has 0 spiro atoms. The van der Waals surface area contributed by atoms with Crippen LogP contribution in [0.4, 0.5) is 5.82 Å². The summed E-state index contributed by atoms with van der Waals surface area (Å²) in [7, 11) is 0. The molecule has 0 atom stereocenters. The van der Waals surface area contributed by atoms with Crippen molar-refractivity contribution in [2.45, 2.75) is 13.3 Å². The van der Waals surface area contributed by atoms with Gasteiger partial charge in [-0.05, 0) is 18.6 Å². The molecule has 0 unspecified atom stereocenters. The minimum absolute atomic E-state index is 0.591. The lowest BCUT2D eigenvalue weighted by atomic mass is 10.3. The van der Waals surface area contributed by atoms with Crippen molar-refractivity contribution in [3.05, 3.63) is 36.5 Å². The zero-order valence-corrected chi connectivity index (χ0v) is 8.98. The van der Waals surface area contributed by atoms with Crippen LogP contribution in [0.1, 0.15) is 18.9 Å². The Hall–Kier alpha value is -1.82. The number of hydrogen-bond donors (Lipinski definition) is 0. The molecule has 1 aromatic rings. The monoisotopic (exact) mass is 201 g/mol. The van der Waals surface area contributed by atoms with Gasteiger partial charge in [0.25, 0.3) is 0 Å².